The maximum Gasteiger partial charge on any atom is 2.00 e. The van der Waals surface area contributed by atoms with Gasteiger partial charge in [0, 0.05) is 0 Å². The summed E-state index contributed by atoms with van der Waals surface area (Å²) in [5.41, 5.74) is 0. The summed E-state index contributed by atoms with van der Waals surface area (Å²) >= 11 is 0. The fourth-order valence-electron chi connectivity index (χ4n) is 0. The van der Waals surface area contributed by atoms with E-state index in [0.717, 1.165) is 0 Å². The molecule has 7 heavy (non-hydrogen) atoms. The van der Waals surface area contributed by atoms with Crippen LogP contribution in [0.1, 0.15) is 2.85 Å². The molecule has 6 heteroatoms. The first-order valence-electron chi connectivity index (χ1n) is 0.651. The molecule has 0 amide bonds. The molecule has 0 aromatic heterocycles. The van der Waals surface area contributed by atoms with Gasteiger partial charge in [-0.05, 0) is 0 Å². The Balaban J connectivity index is -0.00000000450. The summed E-state index contributed by atoms with van der Waals surface area (Å²) in [7, 11) is 0. The fourth-order valence-corrected chi connectivity index (χ4v) is 0. The molecule has 0 bridgehead atoms. The summed E-state index contributed by atoms with van der Waals surface area (Å²) in [6.45, 7) is 0. The van der Waals surface area contributed by atoms with Gasteiger partial charge in [0.25, 0.3) is 0 Å². The molecule has 2 N–H and O–H groups in total. The topological polar surface area (TPSA) is 57.5 Å². The molecule has 3 nitrogen and oxygen atoms in total. The molecular formula is CH8CaFO3P. The van der Waals surface area contributed by atoms with Gasteiger partial charge in [-0.25, -0.2) is 4.79 Å². The van der Waals surface area contributed by atoms with Crippen LogP contribution in [0, 0.1) is 0 Å². The Morgan fingerprint density at radius 2 is 1.43 bits per heavy atom. The molecule has 0 aliphatic heterocycles. The van der Waals surface area contributed by atoms with Crippen molar-refractivity contribution in [2.75, 3.05) is 0 Å². The molecule has 0 aromatic carbocycles. The predicted octanol–water partition coefficient (Wildman–Crippen LogP) is 0.277. The maximum atomic E-state index is 8.56. The van der Waals surface area contributed by atoms with E-state index in [1.165, 1.54) is 0 Å². The molecule has 0 aliphatic carbocycles. The number of carboxylic acid groups (broad SMARTS) is 2. The zero-order valence-electron chi connectivity index (χ0n) is 5.63. The third kappa shape index (κ3) is 208. The second kappa shape index (κ2) is 15.8. The fraction of sp³-hybridized carbons (Fsp3) is 0. The van der Waals surface area contributed by atoms with Gasteiger partial charge in [0.05, 0.1) is 0 Å². The Morgan fingerprint density at radius 3 is 1.43 bits per heavy atom. The molecule has 1 unspecified atom stereocenters. The number of rotatable bonds is 0. The van der Waals surface area contributed by atoms with E-state index in [4.69, 9.17) is 15.0 Å². The standard InChI is InChI=1S/CH2O3.Ca.FH.H3P.2H/c2-1(3)4;;;;;/h(H2,2,3,4);;1H;1H3;;/q;+2;;;2*-1. The summed E-state index contributed by atoms with van der Waals surface area (Å²) in [6.07, 6.45) is -1.83. The van der Waals surface area contributed by atoms with Crippen molar-refractivity contribution in [3.8, 4) is 0 Å². The molecule has 0 spiro atoms. The van der Waals surface area contributed by atoms with Crippen LogP contribution < -0.4 is 0 Å². The molecular weight excluding hydrogens is 150 g/mol. The van der Waals surface area contributed by atoms with Crippen LogP contribution in [0.15, 0.2) is 0 Å². The van der Waals surface area contributed by atoms with Crippen molar-refractivity contribution in [1.29, 1.82) is 0 Å². The second-order valence-electron chi connectivity index (χ2n) is 0.283. The molecule has 0 aromatic rings. The molecule has 0 saturated carbocycles. The van der Waals surface area contributed by atoms with Crippen molar-refractivity contribution in [2.45, 2.75) is 0 Å². The summed E-state index contributed by atoms with van der Waals surface area (Å²) < 4.78 is 0. The number of carbonyl (C=O) groups is 1. The average molecular weight is 158 g/mol. The smallest absolute Gasteiger partial charge is 1.00 e. The first kappa shape index (κ1) is 24.8. The van der Waals surface area contributed by atoms with E-state index in [2.05, 4.69) is 0 Å². The minimum atomic E-state index is -1.83. The number of hydrogen-bond acceptors (Lipinski definition) is 1. The zero-order chi connectivity index (χ0) is 3.58. The minimum absolute atomic E-state index is 0. The predicted molar refractivity (Wildman–Crippen MR) is 32.2 cm³/mol. The molecule has 0 heterocycles. The largest absolute Gasteiger partial charge is 2.00 e. The quantitative estimate of drug-likeness (QED) is 0.393. The Bertz CT molecular complexity index is 44.8. The van der Waals surface area contributed by atoms with Gasteiger partial charge in [-0.15, -0.1) is 0 Å². The maximum absolute atomic E-state index is 8.56. The summed E-state index contributed by atoms with van der Waals surface area (Å²) in [4.78, 5) is 8.56. The average Bonchev–Trinajstić information content (AvgIpc) is 0.811. The van der Waals surface area contributed by atoms with Gasteiger partial charge in [0.2, 0.25) is 0 Å². The van der Waals surface area contributed by atoms with E-state index < -0.39 is 6.16 Å². The Morgan fingerprint density at radius 1 is 1.43 bits per heavy atom. The van der Waals surface area contributed by atoms with Gasteiger partial charge < -0.3 is 13.1 Å². The van der Waals surface area contributed by atoms with Gasteiger partial charge in [0.15, 0.2) is 0 Å². The van der Waals surface area contributed by atoms with Crippen LogP contribution in [-0.2, 0) is 0 Å². The Labute approximate surface area is 76.1 Å². The summed E-state index contributed by atoms with van der Waals surface area (Å²) in [5, 5.41) is 13.9. The molecule has 0 saturated heterocycles. The van der Waals surface area contributed by atoms with Crippen molar-refractivity contribution in [2.24, 2.45) is 0 Å². The zero-order valence-corrected chi connectivity index (χ0v) is 7.25. The van der Waals surface area contributed by atoms with Crippen molar-refractivity contribution in [1.82, 2.24) is 0 Å². The molecule has 0 rings (SSSR count). The van der Waals surface area contributed by atoms with E-state index in [-0.39, 0.29) is 55.2 Å². The van der Waals surface area contributed by atoms with Gasteiger partial charge >= 0.3 is 43.9 Å². The van der Waals surface area contributed by atoms with Crippen LogP contribution in [0.4, 0.5) is 9.50 Å². The first-order chi connectivity index (χ1) is 1.73. The van der Waals surface area contributed by atoms with Crippen molar-refractivity contribution in [3.63, 3.8) is 0 Å². The van der Waals surface area contributed by atoms with Crippen LogP contribution in [0.25, 0.3) is 0 Å². The van der Waals surface area contributed by atoms with Crippen molar-refractivity contribution < 1.29 is 22.6 Å². The third-order valence-corrected chi connectivity index (χ3v) is 0. The second-order valence-corrected chi connectivity index (χ2v) is 0.283. The molecule has 0 fully saturated rings. The van der Waals surface area contributed by atoms with Crippen LogP contribution >= 0.6 is 9.90 Å². The SMILES string of the molecule is F.O=C(O)O.P.[Ca+2].[H-].[H-]. The summed E-state index contributed by atoms with van der Waals surface area (Å²) in [6, 6.07) is 0. The van der Waals surface area contributed by atoms with Gasteiger partial charge in [-0.3, -0.25) is 4.70 Å². The van der Waals surface area contributed by atoms with Crippen LogP contribution in [0.3, 0.4) is 0 Å². The van der Waals surface area contributed by atoms with E-state index in [9.17, 15) is 0 Å². The minimum Gasteiger partial charge on any atom is -1.00 e. The van der Waals surface area contributed by atoms with Crippen LogP contribution in [-0.4, -0.2) is 54.1 Å². The van der Waals surface area contributed by atoms with E-state index in [1.54, 1.807) is 0 Å². The van der Waals surface area contributed by atoms with Crippen LogP contribution in [0.2, 0.25) is 0 Å². The Hall–Kier alpha value is 0.890. The molecule has 0 radical (unpaired) electrons. The number of hydrogen-bond donors (Lipinski definition) is 2. The van der Waals surface area contributed by atoms with Gasteiger partial charge in [-0.1, -0.05) is 0 Å². The normalized spacial score (nSPS) is 3.43. The van der Waals surface area contributed by atoms with Crippen LogP contribution in [0.5, 0.6) is 0 Å². The summed E-state index contributed by atoms with van der Waals surface area (Å²) in [5.74, 6) is 0. The monoisotopic (exact) mass is 158 g/mol. The van der Waals surface area contributed by atoms with Crippen molar-refractivity contribution >= 4 is 53.8 Å². The first-order valence-corrected chi connectivity index (χ1v) is 0.651. The molecule has 1 atom stereocenters. The third-order valence-electron chi connectivity index (χ3n) is 0. The van der Waals surface area contributed by atoms with Gasteiger partial charge in [-0.2, -0.15) is 9.90 Å². The van der Waals surface area contributed by atoms with Crippen molar-refractivity contribution in [3.05, 3.63) is 0 Å². The van der Waals surface area contributed by atoms with Gasteiger partial charge in [0.1, 0.15) is 0 Å². The molecule has 44 valence electrons. The molecule has 0 aliphatic rings. The van der Waals surface area contributed by atoms with E-state index >= 15 is 0 Å². The Kier molecular flexibility index (Phi) is 55.9. The van der Waals surface area contributed by atoms with E-state index in [0.29, 0.717) is 0 Å². The number of halogens is 1. The van der Waals surface area contributed by atoms with E-state index in [1.807, 2.05) is 0 Å².